The van der Waals surface area contributed by atoms with Gasteiger partial charge in [0, 0.05) is 5.02 Å². The number of nitrogens with zero attached hydrogens (tertiary/aromatic N) is 1. The summed E-state index contributed by atoms with van der Waals surface area (Å²) in [6.45, 7) is 1.98. The normalized spacial score (nSPS) is 24.3. The van der Waals surface area contributed by atoms with Gasteiger partial charge in [0.25, 0.3) is 0 Å². The van der Waals surface area contributed by atoms with Crippen LogP contribution in [0.3, 0.4) is 0 Å². The van der Waals surface area contributed by atoms with Crippen LogP contribution in [-0.4, -0.2) is 11.8 Å². The minimum absolute atomic E-state index is 0.0693. The van der Waals surface area contributed by atoms with E-state index in [1.807, 2.05) is 19.1 Å². The van der Waals surface area contributed by atoms with E-state index in [1.54, 1.807) is 42.5 Å². The number of halogens is 2. The van der Waals surface area contributed by atoms with E-state index in [-0.39, 0.29) is 29.6 Å². The fraction of sp³-hybridized carbons (Fsp3) is 0.238. The van der Waals surface area contributed by atoms with Gasteiger partial charge < -0.3 is 4.74 Å². The van der Waals surface area contributed by atoms with Gasteiger partial charge in [-0.05, 0) is 54.8 Å². The summed E-state index contributed by atoms with van der Waals surface area (Å²) in [4.78, 5) is 26.9. The number of carbonyl (C=O) groups excluding carboxylic acids is 2. The molecule has 0 aromatic heterocycles. The Labute approximate surface area is 167 Å². The molecule has 4 nitrogen and oxygen atoms in total. The van der Waals surface area contributed by atoms with Crippen LogP contribution in [0.25, 0.3) is 0 Å². The number of rotatable bonds is 3. The summed E-state index contributed by atoms with van der Waals surface area (Å²) < 4.78 is 5.76. The molecule has 138 valence electrons. The number of allylic oxidation sites excluding steroid dienone is 2. The van der Waals surface area contributed by atoms with Crippen LogP contribution in [-0.2, 0) is 9.59 Å². The van der Waals surface area contributed by atoms with Crippen molar-refractivity contribution in [2.24, 2.45) is 17.8 Å². The number of anilines is 1. The third-order valence-corrected chi connectivity index (χ3v) is 5.62. The van der Waals surface area contributed by atoms with Crippen molar-refractivity contribution in [3.05, 3.63) is 64.7 Å². The fourth-order valence-electron chi connectivity index (χ4n) is 3.75. The summed E-state index contributed by atoms with van der Waals surface area (Å²) in [5.41, 5.74) is 0.557. The highest BCUT2D eigenvalue weighted by molar-refractivity contribution is 6.35. The summed E-state index contributed by atoms with van der Waals surface area (Å²) >= 11 is 12.0. The lowest BCUT2D eigenvalue weighted by Crippen LogP contribution is -2.31. The minimum Gasteiger partial charge on any atom is -0.456 e. The van der Waals surface area contributed by atoms with E-state index in [0.29, 0.717) is 33.7 Å². The van der Waals surface area contributed by atoms with Gasteiger partial charge in [0.05, 0.1) is 22.5 Å². The highest BCUT2D eigenvalue weighted by atomic mass is 35.5. The van der Waals surface area contributed by atoms with Crippen LogP contribution in [0.15, 0.2) is 54.6 Å². The van der Waals surface area contributed by atoms with Gasteiger partial charge in [-0.2, -0.15) is 0 Å². The van der Waals surface area contributed by atoms with E-state index in [2.05, 4.69) is 0 Å². The van der Waals surface area contributed by atoms with Crippen molar-refractivity contribution in [3.63, 3.8) is 0 Å². The molecule has 1 saturated heterocycles. The summed E-state index contributed by atoms with van der Waals surface area (Å²) in [6, 6.07) is 11.8. The third kappa shape index (κ3) is 3.24. The van der Waals surface area contributed by atoms with E-state index < -0.39 is 0 Å². The monoisotopic (exact) mass is 401 g/mol. The van der Waals surface area contributed by atoms with Gasteiger partial charge in [-0.25, -0.2) is 0 Å². The average Bonchev–Trinajstić information content (AvgIpc) is 2.90. The molecule has 2 aromatic rings. The molecule has 1 heterocycles. The van der Waals surface area contributed by atoms with Crippen LogP contribution in [0, 0.1) is 17.8 Å². The Balaban J connectivity index is 1.56. The van der Waals surface area contributed by atoms with Crippen molar-refractivity contribution in [1.29, 1.82) is 0 Å². The smallest absolute Gasteiger partial charge is 0.238 e. The summed E-state index contributed by atoms with van der Waals surface area (Å²) in [6.07, 6.45) is 4.63. The highest BCUT2D eigenvalue weighted by Crippen LogP contribution is 2.41. The summed E-state index contributed by atoms with van der Waals surface area (Å²) in [5.74, 6) is 0.307. The molecule has 6 heteroatoms. The van der Waals surface area contributed by atoms with E-state index in [9.17, 15) is 9.59 Å². The first-order valence-electron chi connectivity index (χ1n) is 8.73. The molecule has 0 spiro atoms. The van der Waals surface area contributed by atoms with E-state index in [1.165, 1.54) is 4.90 Å². The number of ether oxygens (including phenoxy) is 1. The molecule has 0 radical (unpaired) electrons. The largest absolute Gasteiger partial charge is 0.456 e. The van der Waals surface area contributed by atoms with Crippen LogP contribution in [0.2, 0.25) is 10.0 Å². The van der Waals surface area contributed by atoms with Crippen LogP contribution in [0.4, 0.5) is 5.69 Å². The van der Waals surface area contributed by atoms with Crippen molar-refractivity contribution in [2.75, 3.05) is 4.90 Å². The molecule has 27 heavy (non-hydrogen) atoms. The van der Waals surface area contributed by atoms with E-state index >= 15 is 0 Å². The topological polar surface area (TPSA) is 46.6 Å². The third-order valence-electron chi connectivity index (χ3n) is 5.09. The number of carbonyl (C=O) groups is 2. The minimum atomic E-state index is -0.272. The number of fused-ring (bicyclic) bond motifs is 1. The number of imide groups is 1. The maximum absolute atomic E-state index is 12.8. The number of amides is 2. The van der Waals surface area contributed by atoms with Gasteiger partial charge in [-0.1, -0.05) is 42.3 Å². The Morgan fingerprint density at radius 1 is 1.04 bits per heavy atom. The van der Waals surface area contributed by atoms with Gasteiger partial charge in [-0.3, -0.25) is 14.5 Å². The molecule has 1 aliphatic carbocycles. The Bertz CT molecular complexity index is 939. The average molecular weight is 402 g/mol. The van der Waals surface area contributed by atoms with Crippen LogP contribution in [0.5, 0.6) is 11.5 Å². The second-order valence-corrected chi connectivity index (χ2v) is 7.68. The van der Waals surface area contributed by atoms with Crippen molar-refractivity contribution in [3.8, 4) is 11.5 Å². The number of hydrogen-bond donors (Lipinski definition) is 0. The maximum atomic E-state index is 12.8. The molecule has 4 rings (SSSR count). The Morgan fingerprint density at radius 2 is 1.78 bits per heavy atom. The number of benzene rings is 2. The second kappa shape index (κ2) is 7.02. The Morgan fingerprint density at radius 3 is 2.44 bits per heavy atom. The highest BCUT2D eigenvalue weighted by Gasteiger charge is 2.50. The molecule has 2 amide bonds. The quantitative estimate of drug-likeness (QED) is 0.504. The molecule has 2 aromatic carbocycles. The lowest BCUT2D eigenvalue weighted by molar-refractivity contribution is -0.122. The SMILES string of the molecule is C[C@H]1C=CC[C@@H]2C(=O)N(c3ccc(Oc4ccc(Cl)cc4Cl)cc3)C(=O)[C@@H]21. The molecule has 0 unspecified atom stereocenters. The first-order valence-corrected chi connectivity index (χ1v) is 9.49. The second-order valence-electron chi connectivity index (χ2n) is 6.84. The molecule has 2 aliphatic rings. The Kier molecular flexibility index (Phi) is 4.70. The first-order chi connectivity index (χ1) is 13.0. The van der Waals surface area contributed by atoms with E-state index in [0.717, 1.165) is 0 Å². The van der Waals surface area contributed by atoms with Crippen molar-refractivity contribution < 1.29 is 14.3 Å². The van der Waals surface area contributed by atoms with Crippen LogP contribution >= 0.6 is 23.2 Å². The molecule has 1 aliphatic heterocycles. The lowest BCUT2D eigenvalue weighted by atomic mass is 9.78. The first kappa shape index (κ1) is 18.1. The molecule has 3 atom stereocenters. The number of hydrogen-bond acceptors (Lipinski definition) is 3. The summed E-state index contributed by atoms with van der Waals surface area (Å²) in [7, 11) is 0. The van der Waals surface area contributed by atoms with Crippen LogP contribution < -0.4 is 9.64 Å². The zero-order valence-corrected chi connectivity index (χ0v) is 16.1. The van der Waals surface area contributed by atoms with Gasteiger partial charge in [0.15, 0.2) is 0 Å². The van der Waals surface area contributed by atoms with Crippen molar-refractivity contribution in [1.82, 2.24) is 0 Å². The zero-order valence-electron chi connectivity index (χ0n) is 14.6. The summed E-state index contributed by atoms with van der Waals surface area (Å²) in [5, 5.41) is 0.931. The zero-order chi connectivity index (χ0) is 19.1. The maximum Gasteiger partial charge on any atom is 0.238 e. The predicted octanol–water partition coefficient (Wildman–Crippen LogP) is 5.49. The fourth-order valence-corrected chi connectivity index (χ4v) is 4.20. The molecular formula is C21H17Cl2NO3. The van der Waals surface area contributed by atoms with Crippen LogP contribution in [0.1, 0.15) is 13.3 Å². The molecular weight excluding hydrogens is 385 g/mol. The molecule has 0 N–H and O–H groups in total. The predicted molar refractivity (Wildman–Crippen MR) is 105 cm³/mol. The standard InChI is InChI=1S/C21H17Cl2NO3/c1-12-3-2-4-16-19(12)21(26)24(20(16)25)14-6-8-15(9-7-14)27-18-10-5-13(22)11-17(18)23/h2-3,5-12,16,19H,4H2,1H3/t12-,16-,19+/m0/s1. The van der Waals surface area contributed by atoms with Gasteiger partial charge >= 0.3 is 0 Å². The van der Waals surface area contributed by atoms with E-state index in [4.69, 9.17) is 27.9 Å². The van der Waals surface area contributed by atoms with Gasteiger partial charge in [0.2, 0.25) is 11.8 Å². The molecule has 1 fully saturated rings. The van der Waals surface area contributed by atoms with Gasteiger partial charge in [0.1, 0.15) is 11.5 Å². The van der Waals surface area contributed by atoms with Crippen molar-refractivity contribution >= 4 is 40.7 Å². The van der Waals surface area contributed by atoms with Crippen molar-refractivity contribution in [2.45, 2.75) is 13.3 Å². The Hall–Kier alpha value is -2.30. The lowest BCUT2D eigenvalue weighted by Gasteiger charge is -2.22. The van der Waals surface area contributed by atoms with Gasteiger partial charge in [-0.15, -0.1) is 0 Å². The molecule has 0 bridgehead atoms. The molecule has 0 saturated carbocycles.